The molecule has 15 heavy (non-hydrogen) atoms. The zero-order chi connectivity index (χ0) is 10.9. The van der Waals surface area contributed by atoms with Crippen LogP contribution in [-0.2, 0) is 4.79 Å². The number of carbonyl (C=O) groups is 1. The van der Waals surface area contributed by atoms with Crippen LogP contribution in [0.15, 0.2) is 0 Å². The highest BCUT2D eigenvalue weighted by atomic mass is 16.4. The lowest BCUT2D eigenvalue weighted by Crippen LogP contribution is -2.64. The van der Waals surface area contributed by atoms with Crippen LogP contribution in [0.4, 0.5) is 0 Å². The van der Waals surface area contributed by atoms with Crippen molar-refractivity contribution in [3.8, 4) is 0 Å². The van der Waals surface area contributed by atoms with Gasteiger partial charge in [-0.25, -0.2) is 0 Å². The molecule has 3 N–H and O–H groups in total. The van der Waals surface area contributed by atoms with Crippen molar-refractivity contribution in [2.24, 2.45) is 5.92 Å². The van der Waals surface area contributed by atoms with Crippen LogP contribution in [0.5, 0.6) is 0 Å². The van der Waals surface area contributed by atoms with E-state index in [0.717, 1.165) is 32.4 Å². The van der Waals surface area contributed by atoms with Crippen LogP contribution in [0.3, 0.4) is 0 Å². The second-order valence-corrected chi connectivity index (χ2v) is 4.75. The van der Waals surface area contributed by atoms with E-state index in [-0.39, 0.29) is 5.92 Å². The first-order valence-corrected chi connectivity index (χ1v) is 5.91. The Morgan fingerprint density at radius 3 is 2.87 bits per heavy atom. The SMILES string of the molecule is CCC1CNCCC1(NC1CC1)C(=O)O. The van der Waals surface area contributed by atoms with Crippen molar-refractivity contribution in [2.75, 3.05) is 13.1 Å². The summed E-state index contributed by atoms with van der Waals surface area (Å²) in [5, 5.41) is 16.1. The van der Waals surface area contributed by atoms with Crippen molar-refractivity contribution < 1.29 is 9.90 Å². The number of carboxylic acid groups (broad SMARTS) is 1. The third kappa shape index (κ3) is 2.01. The molecule has 0 radical (unpaired) electrons. The highest BCUT2D eigenvalue weighted by molar-refractivity contribution is 5.79. The molecular formula is C11H20N2O2. The fourth-order valence-electron chi connectivity index (χ4n) is 2.56. The van der Waals surface area contributed by atoms with Crippen LogP contribution in [-0.4, -0.2) is 35.7 Å². The van der Waals surface area contributed by atoms with Crippen LogP contribution in [0.2, 0.25) is 0 Å². The fraction of sp³-hybridized carbons (Fsp3) is 0.909. The van der Waals surface area contributed by atoms with Gasteiger partial charge in [0.1, 0.15) is 5.54 Å². The van der Waals surface area contributed by atoms with Crippen LogP contribution >= 0.6 is 0 Å². The molecule has 4 heteroatoms. The molecule has 2 rings (SSSR count). The Morgan fingerprint density at radius 1 is 1.60 bits per heavy atom. The summed E-state index contributed by atoms with van der Waals surface area (Å²) in [5.41, 5.74) is -0.666. The van der Waals surface area contributed by atoms with Gasteiger partial charge >= 0.3 is 5.97 Å². The quantitative estimate of drug-likeness (QED) is 0.638. The second kappa shape index (κ2) is 4.10. The predicted octanol–water partition coefficient (Wildman–Crippen LogP) is 0.581. The van der Waals surface area contributed by atoms with Crippen LogP contribution in [0.25, 0.3) is 0 Å². The third-order valence-corrected chi connectivity index (χ3v) is 3.70. The number of rotatable bonds is 4. The summed E-state index contributed by atoms with van der Waals surface area (Å²) in [6.45, 7) is 3.70. The van der Waals surface area contributed by atoms with Crippen molar-refractivity contribution in [3.05, 3.63) is 0 Å². The first-order chi connectivity index (χ1) is 7.19. The Hall–Kier alpha value is -0.610. The minimum absolute atomic E-state index is 0.212. The van der Waals surface area contributed by atoms with Crippen molar-refractivity contribution in [3.63, 3.8) is 0 Å². The Morgan fingerprint density at radius 2 is 2.33 bits per heavy atom. The molecule has 1 heterocycles. The number of carboxylic acids is 1. The van der Waals surface area contributed by atoms with E-state index in [4.69, 9.17) is 0 Å². The maximum absolute atomic E-state index is 11.5. The number of hydrogen-bond acceptors (Lipinski definition) is 3. The van der Waals surface area contributed by atoms with Gasteiger partial charge in [0.2, 0.25) is 0 Å². The van der Waals surface area contributed by atoms with Crippen molar-refractivity contribution in [1.82, 2.24) is 10.6 Å². The average molecular weight is 212 g/mol. The molecule has 0 bridgehead atoms. The monoisotopic (exact) mass is 212 g/mol. The molecule has 0 aromatic rings. The molecule has 1 aliphatic carbocycles. The van der Waals surface area contributed by atoms with Gasteiger partial charge in [-0.15, -0.1) is 0 Å². The minimum Gasteiger partial charge on any atom is -0.480 e. The predicted molar refractivity (Wildman–Crippen MR) is 57.8 cm³/mol. The summed E-state index contributed by atoms with van der Waals surface area (Å²) in [4.78, 5) is 11.5. The van der Waals surface area contributed by atoms with E-state index >= 15 is 0 Å². The van der Waals surface area contributed by atoms with Crippen molar-refractivity contribution >= 4 is 5.97 Å². The summed E-state index contributed by atoms with van der Waals surface area (Å²) in [6.07, 6.45) is 3.90. The molecule has 0 amide bonds. The van der Waals surface area contributed by atoms with Gasteiger partial charge in [0.15, 0.2) is 0 Å². The minimum atomic E-state index is -0.666. The van der Waals surface area contributed by atoms with E-state index in [9.17, 15) is 9.90 Å². The summed E-state index contributed by atoms with van der Waals surface area (Å²) in [6, 6.07) is 0.452. The van der Waals surface area contributed by atoms with Gasteiger partial charge in [-0.3, -0.25) is 10.1 Å². The van der Waals surface area contributed by atoms with E-state index in [1.54, 1.807) is 0 Å². The van der Waals surface area contributed by atoms with Gasteiger partial charge in [-0.2, -0.15) is 0 Å². The maximum Gasteiger partial charge on any atom is 0.324 e. The molecule has 0 aromatic heterocycles. The number of aliphatic carboxylic acids is 1. The van der Waals surface area contributed by atoms with Crippen molar-refractivity contribution in [1.29, 1.82) is 0 Å². The highest BCUT2D eigenvalue weighted by Crippen LogP contribution is 2.32. The molecule has 1 saturated carbocycles. The lowest BCUT2D eigenvalue weighted by atomic mass is 9.76. The first-order valence-electron chi connectivity index (χ1n) is 5.91. The summed E-state index contributed by atoms with van der Waals surface area (Å²) >= 11 is 0. The number of nitrogens with one attached hydrogen (secondary N) is 2. The summed E-state index contributed by atoms with van der Waals surface area (Å²) in [7, 11) is 0. The molecule has 0 spiro atoms. The largest absolute Gasteiger partial charge is 0.480 e. The first kappa shape index (κ1) is 10.9. The molecule has 0 aromatic carbocycles. The second-order valence-electron chi connectivity index (χ2n) is 4.75. The summed E-state index contributed by atoms with van der Waals surface area (Å²) in [5.74, 6) is -0.452. The lowest BCUT2D eigenvalue weighted by molar-refractivity contribution is -0.149. The molecule has 2 aliphatic rings. The van der Waals surface area contributed by atoms with Gasteiger partial charge in [0.05, 0.1) is 0 Å². The van der Waals surface area contributed by atoms with Gasteiger partial charge < -0.3 is 10.4 Å². The number of piperidine rings is 1. The van der Waals surface area contributed by atoms with Gasteiger partial charge in [-0.05, 0) is 32.2 Å². The molecule has 1 saturated heterocycles. The Balaban J connectivity index is 2.15. The zero-order valence-corrected chi connectivity index (χ0v) is 9.25. The maximum atomic E-state index is 11.5. The van der Waals surface area contributed by atoms with Gasteiger partial charge in [-0.1, -0.05) is 6.92 Å². The van der Waals surface area contributed by atoms with Crippen molar-refractivity contribution in [2.45, 2.75) is 44.2 Å². The molecule has 86 valence electrons. The molecular weight excluding hydrogens is 192 g/mol. The normalized spacial score (nSPS) is 36.5. The number of hydrogen-bond donors (Lipinski definition) is 3. The van der Waals surface area contributed by atoms with E-state index in [1.807, 2.05) is 0 Å². The smallest absolute Gasteiger partial charge is 0.324 e. The molecule has 2 unspecified atom stereocenters. The Labute approximate surface area is 90.4 Å². The van der Waals surface area contributed by atoms with Gasteiger partial charge in [0.25, 0.3) is 0 Å². The molecule has 1 aliphatic heterocycles. The van der Waals surface area contributed by atoms with Gasteiger partial charge in [0, 0.05) is 18.5 Å². The standard InChI is InChI=1S/C11H20N2O2/c1-2-8-7-12-6-5-11(8,10(14)15)13-9-3-4-9/h8-9,12-13H,2-7H2,1H3,(H,14,15). The van der Waals surface area contributed by atoms with E-state index in [1.165, 1.54) is 0 Å². The lowest BCUT2D eigenvalue weighted by Gasteiger charge is -2.41. The van der Waals surface area contributed by atoms with E-state index < -0.39 is 11.5 Å². The fourth-order valence-corrected chi connectivity index (χ4v) is 2.56. The van der Waals surface area contributed by atoms with E-state index in [2.05, 4.69) is 17.6 Å². The summed E-state index contributed by atoms with van der Waals surface area (Å²) < 4.78 is 0. The molecule has 2 atom stereocenters. The van der Waals surface area contributed by atoms with Crippen LogP contribution in [0.1, 0.15) is 32.6 Å². The highest BCUT2D eigenvalue weighted by Gasteiger charge is 2.48. The Bertz CT molecular complexity index is 253. The molecule has 2 fully saturated rings. The third-order valence-electron chi connectivity index (χ3n) is 3.70. The van der Waals surface area contributed by atoms with Crippen LogP contribution < -0.4 is 10.6 Å². The average Bonchev–Trinajstić information content (AvgIpc) is 3.02. The topological polar surface area (TPSA) is 61.4 Å². The zero-order valence-electron chi connectivity index (χ0n) is 9.25. The Kier molecular flexibility index (Phi) is 2.98. The van der Waals surface area contributed by atoms with Crippen LogP contribution in [0, 0.1) is 5.92 Å². The molecule has 4 nitrogen and oxygen atoms in total. The van der Waals surface area contributed by atoms with E-state index in [0.29, 0.717) is 12.5 Å².